The molecule has 0 aliphatic rings. The summed E-state index contributed by atoms with van der Waals surface area (Å²) in [5.74, 6) is 0.888. The lowest BCUT2D eigenvalue weighted by molar-refractivity contribution is 0.282. The van der Waals surface area contributed by atoms with Crippen LogP contribution in [0.2, 0.25) is 0 Å². The zero-order valence-electron chi connectivity index (χ0n) is 9.35. The predicted octanol–water partition coefficient (Wildman–Crippen LogP) is 2.42. The van der Waals surface area contributed by atoms with Crippen molar-refractivity contribution in [3.8, 4) is 0 Å². The van der Waals surface area contributed by atoms with E-state index in [-0.39, 0.29) is 12.6 Å². The van der Waals surface area contributed by atoms with Crippen LogP contribution < -0.4 is 5.32 Å². The number of rotatable bonds is 4. The minimum Gasteiger partial charge on any atom is -0.396 e. The van der Waals surface area contributed by atoms with Crippen LogP contribution >= 0.6 is 0 Å². The lowest BCUT2D eigenvalue weighted by Gasteiger charge is -2.14. The van der Waals surface area contributed by atoms with Gasteiger partial charge >= 0.3 is 0 Å². The van der Waals surface area contributed by atoms with Gasteiger partial charge in [0.15, 0.2) is 0 Å². The number of aliphatic hydroxyl groups is 1. The molecule has 0 amide bonds. The molecule has 1 aromatic heterocycles. The highest BCUT2D eigenvalue weighted by Crippen LogP contribution is 2.21. The highest BCUT2D eigenvalue weighted by atomic mass is 16.3. The molecule has 84 valence electrons. The van der Waals surface area contributed by atoms with Gasteiger partial charge in [-0.15, -0.1) is 0 Å². The molecule has 1 atom stereocenters. The maximum Gasteiger partial charge on any atom is 0.134 e. The molecule has 2 rings (SSSR count). The first kappa shape index (κ1) is 10.9. The molecule has 0 bridgehead atoms. The number of hydrogen-bond acceptors (Lipinski definition) is 3. The third-order valence-corrected chi connectivity index (χ3v) is 2.62. The van der Waals surface area contributed by atoms with Crippen molar-refractivity contribution in [1.82, 2.24) is 4.98 Å². The average Bonchev–Trinajstić information content (AvgIpc) is 2.30. The molecule has 2 aromatic rings. The highest BCUT2D eigenvalue weighted by Gasteiger charge is 2.05. The van der Waals surface area contributed by atoms with E-state index in [1.54, 1.807) is 6.20 Å². The van der Waals surface area contributed by atoms with Crippen LogP contribution in [0.3, 0.4) is 0 Å². The zero-order valence-corrected chi connectivity index (χ0v) is 9.35. The monoisotopic (exact) mass is 216 g/mol. The van der Waals surface area contributed by atoms with E-state index in [1.165, 1.54) is 5.39 Å². The van der Waals surface area contributed by atoms with Crippen LogP contribution in [0, 0.1) is 0 Å². The molecule has 3 nitrogen and oxygen atoms in total. The molecule has 3 heteroatoms. The third-order valence-electron chi connectivity index (χ3n) is 2.62. The Hall–Kier alpha value is -1.61. The van der Waals surface area contributed by atoms with Gasteiger partial charge in [0.25, 0.3) is 0 Å². The lowest BCUT2D eigenvalue weighted by atomic mass is 10.1. The molecule has 0 aliphatic carbocycles. The molecule has 0 aliphatic heterocycles. The molecule has 16 heavy (non-hydrogen) atoms. The van der Waals surface area contributed by atoms with Gasteiger partial charge in [0.05, 0.1) is 0 Å². The Kier molecular flexibility index (Phi) is 3.37. The predicted molar refractivity (Wildman–Crippen MR) is 66.5 cm³/mol. The topological polar surface area (TPSA) is 45.1 Å². The summed E-state index contributed by atoms with van der Waals surface area (Å²) >= 11 is 0. The Labute approximate surface area is 95.1 Å². The number of fused-ring (bicyclic) bond motifs is 1. The van der Waals surface area contributed by atoms with Crippen molar-refractivity contribution < 1.29 is 5.11 Å². The van der Waals surface area contributed by atoms with Crippen molar-refractivity contribution in [3.05, 3.63) is 36.5 Å². The maximum atomic E-state index is 8.87. The van der Waals surface area contributed by atoms with E-state index in [9.17, 15) is 0 Å². The van der Waals surface area contributed by atoms with Crippen molar-refractivity contribution in [2.45, 2.75) is 19.4 Å². The molecule has 0 saturated heterocycles. The summed E-state index contributed by atoms with van der Waals surface area (Å²) in [4.78, 5) is 4.34. The molecule has 0 radical (unpaired) electrons. The first-order valence-electron chi connectivity index (χ1n) is 5.52. The summed E-state index contributed by atoms with van der Waals surface area (Å²) in [5, 5.41) is 14.5. The van der Waals surface area contributed by atoms with Crippen LogP contribution in [0.4, 0.5) is 5.82 Å². The molecular weight excluding hydrogens is 200 g/mol. The second kappa shape index (κ2) is 4.94. The van der Waals surface area contributed by atoms with Crippen molar-refractivity contribution in [2.75, 3.05) is 11.9 Å². The van der Waals surface area contributed by atoms with E-state index >= 15 is 0 Å². The largest absolute Gasteiger partial charge is 0.396 e. The van der Waals surface area contributed by atoms with Crippen LogP contribution in [0.5, 0.6) is 0 Å². The van der Waals surface area contributed by atoms with Gasteiger partial charge in [-0.2, -0.15) is 0 Å². The van der Waals surface area contributed by atoms with Gasteiger partial charge in [0.2, 0.25) is 0 Å². The average molecular weight is 216 g/mol. The van der Waals surface area contributed by atoms with Gasteiger partial charge in [-0.1, -0.05) is 24.3 Å². The Bertz CT molecular complexity index is 465. The molecular formula is C13H16N2O. The summed E-state index contributed by atoms with van der Waals surface area (Å²) in [5.41, 5.74) is 0. The molecule has 1 heterocycles. The fraction of sp³-hybridized carbons (Fsp3) is 0.308. The van der Waals surface area contributed by atoms with Gasteiger partial charge in [0, 0.05) is 24.2 Å². The number of nitrogens with one attached hydrogen (secondary N) is 1. The standard InChI is InChI=1S/C13H16N2O/c1-10(7-9-16)15-13-12-5-3-2-4-11(12)6-8-14-13/h2-6,8,10,16H,7,9H2,1H3,(H,14,15). The first-order chi connectivity index (χ1) is 7.81. The number of pyridine rings is 1. The summed E-state index contributed by atoms with van der Waals surface area (Å²) in [6, 6.07) is 10.4. The van der Waals surface area contributed by atoms with Crippen molar-refractivity contribution in [3.63, 3.8) is 0 Å². The van der Waals surface area contributed by atoms with Crippen LogP contribution in [0.15, 0.2) is 36.5 Å². The van der Waals surface area contributed by atoms with Crippen molar-refractivity contribution in [1.29, 1.82) is 0 Å². The van der Waals surface area contributed by atoms with Crippen LogP contribution in [0.1, 0.15) is 13.3 Å². The molecule has 0 fully saturated rings. The number of aliphatic hydroxyl groups excluding tert-OH is 1. The number of benzene rings is 1. The van der Waals surface area contributed by atoms with E-state index < -0.39 is 0 Å². The second-order valence-corrected chi connectivity index (χ2v) is 3.94. The van der Waals surface area contributed by atoms with Crippen LogP contribution in [0.25, 0.3) is 10.8 Å². The molecule has 2 N–H and O–H groups in total. The maximum absolute atomic E-state index is 8.87. The van der Waals surface area contributed by atoms with E-state index in [0.717, 1.165) is 17.6 Å². The van der Waals surface area contributed by atoms with Gasteiger partial charge in [-0.05, 0) is 24.8 Å². The Morgan fingerprint density at radius 3 is 2.94 bits per heavy atom. The zero-order chi connectivity index (χ0) is 11.4. The summed E-state index contributed by atoms with van der Waals surface area (Å²) in [7, 11) is 0. The molecule has 1 unspecified atom stereocenters. The Morgan fingerprint density at radius 2 is 2.12 bits per heavy atom. The number of nitrogens with zero attached hydrogens (tertiary/aromatic N) is 1. The van der Waals surface area contributed by atoms with Crippen LogP contribution in [-0.4, -0.2) is 22.7 Å². The molecule has 0 spiro atoms. The highest BCUT2D eigenvalue weighted by molar-refractivity contribution is 5.91. The smallest absolute Gasteiger partial charge is 0.134 e. The van der Waals surface area contributed by atoms with Crippen LogP contribution in [-0.2, 0) is 0 Å². The van der Waals surface area contributed by atoms with Gasteiger partial charge in [-0.3, -0.25) is 0 Å². The second-order valence-electron chi connectivity index (χ2n) is 3.94. The van der Waals surface area contributed by atoms with E-state index in [0.29, 0.717) is 0 Å². The number of aromatic nitrogens is 1. The van der Waals surface area contributed by atoms with E-state index in [1.807, 2.05) is 25.1 Å². The fourth-order valence-electron chi connectivity index (χ4n) is 1.73. The summed E-state index contributed by atoms with van der Waals surface area (Å²) in [6.45, 7) is 2.23. The van der Waals surface area contributed by atoms with Crippen molar-refractivity contribution >= 4 is 16.6 Å². The number of anilines is 1. The SMILES string of the molecule is CC(CCO)Nc1nccc2ccccc12. The minimum atomic E-state index is 0.193. The molecule has 0 saturated carbocycles. The molecule has 1 aromatic carbocycles. The van der Waals surface area contributed by atoms with E-state index in [2.05, 4.69) is 22.4 Å². The first-order valence-corrected chi connectivity index (χ1v) is 5.52. The lowest BCUT2D eigenvalue weighted by Crippen LogP contribution is -2.17. The Morgan fingerprint density at radius 1 is 1.31 bits per heavy atom. The Balaban J connectivity index is 2.30. The van der Waals surface area contributed by atoms with Crippen molar-refractivity contribution in [2.24, 2.45) is 0 Å². The van der Waals surface area contributed by atoms with Gasteiger partial charge < -0.3 is 10.4 Å². The summed E-state index contributed by atoms with van der Waals surface area (Å²) in [6.07, 6.45) is 2.53. The minimum absolute atomic E-state index is 0.193. The third kappa shape index (κ3) is 2.31. The fourth-order valence-corrected chi connectivity index (χ4v) is 1.73. The summed E-state index contributed by atoms with van der Waals surface area (Å²) < 4.78 is 0. The van der Waals surface area contributed by atoms with Gasteiger partial charge in [-0.25, -0.2) is 4.98 Å². The normalized spacial score (nSPS) is 12.6. The quantitative estimate of drug-likeness (QED) is 0.825. The van der Waals surface area contributed by atoms with E-state index in [4.69, 9.17) is 5.11 Å². The number of hydrogen-bond donors (Lipinski definition) is 2. The van der Waals surface area contributed by atoms with Gasteiger partial charge in [0.1, 0.15) is 5.82 Å².